The van der Waals surface area contributed by atoms with E-state index in [9.17, 15) is 0 Å². The number of halogens is 2. The molecule has 0 spiro atoms. The van der Waals surface area contributed by atoms with Gasteiger partial charge in [0.15, 0.2) is 11.5 Å². The molecule has 0 aliphatic carbocycles. The van der Waals surface area contributed by atoms with Gasteiger partial charge in [0.25, 0.3) is 0 Å². The third-order valence-corrected chi connectivity index (χ3v) is 3.43. The van der Waals surface area contributed by atoms with Gasteiger partial charge in [0.1, 0.15) is 0 Å². The molecule has 100 valence electrons. The highest BCUT2D eigenvalue weighted by atomic mass is 35.5. The van der Waals surface area contributed by atoms with Gasteiger partial charge < -0.3 is 5.73 Å². The molecule has 2 aromatic heterocycles. The van der Waals surface area contributed by atoms with Crippen molar-refractivity contribution >= 4 is 46.7 Å². The number of nitrogens with two attached hydrogens (primary N) is 1. The molecular formula is C14H10Cl2N4. The first-order valence-corrected chi connectivity index (χ1v) is 6.63. The van der Waals surface area contributed by atoms with Crippen LogP contribution in [0.3, 0.4) is 0 Å². The van der Waals surface area contributed by atoms with Crippen LogP contribution in [0.1, 0.15) is 11.4 Å². The minimum Gasteiger partial charge on any atom is -0.396 e. The average Bonchev–Trinajstić information content (AvgIpc) is 2.83. The molecule has 0 saturated carbocycles. The van der Waals surface area contributed by atoms with Crippen LogP contribution in [0.4, 0.5) is 5.69 Å². The normalized spacial score (nSPS) is 11.5. The number of fused-ring (bicyclic) bond motifs is 1. The maximum absolute atomic E-state index is 6.11. The van der Waals surface area contributed by atoms with Crippen LogP contribution < -0.4 is 5.73 Å². The third-order valence-electron chi connectivity index (χ3n) is 2.87. The van der Waals surface area contributed by atoms with Gasteiger partial charge in [-0.15, -0.1) is 10.2 Å². The standard InChI is InChI=1S/C14H10Cl2N4/c15-10-5-3-9(11(16)8-10)4-6-13-18-19-14-12(17)2-1-7-20(13)14/h1-8H,17H2/b6-4+. The topological polar surface area (TPSA) is 56.2 Å². The Hall–Kier alpha value is -2.04. The summed E-state index contributed by atoms with van der Waals surface area (Å²) in [7, 11) is 0. The van der Waals surface area contributed by atoms with Gasteiger partial charge in [-0.25, -0.2) is 0 Å². The first kappa shape index (κ1) is 13.0. The molecule has 0 radical (unpaired) electrons. The summed E-state index contributed by atoms with van der Waals surface area (Å²) in [6, 6.07) is 8.96. The molecule has 2 N–H and O–H groups in total. The molecule has 20 heavy (non-hydrogen) atoms. The van der Waals surface area contributed by atoms with E-state index in [1.165, 1.54) is 0 Å². The fourth-order valence-corrected chi connectivity index (χ4v) is 2.34. The maximum atomic E-state index is 6.11. The fourth-order valence-electron chi connectivity index (χ4n) is 1.87. The number of nitrogen functional groups attached to an aromatic ring is 1. The van der Waals surface area contributed by atoms with Gasteiger partial charge in [-0.3, -0.25) is 4.40 Å². The van der Waals surface area contributed by atoms with Gasteiger partial charge in [0, 0.05) is 16.2 Å². The third kappa shape index (κ3) is 2.35. The molecule has 0 fully saturated rings. The molecule has 1 aromatic carbocycles. The lowest BCUT2D eigenvalue weighted by atomic mass is 10.2. The van der Waals surface area contributed by atoms with E-state index in [2.05, 4.69) is 10.2 Å². The van der Waals surface area contributed by atoms with E-state index < -0.39 is 0 Å². The Bertz CT molecular complexity index is 808. The summed E-state index contributed by atoms with van der Waals surface area (Å²) in [5.74, 6) is 0.679. The number of hydrogen-bond acceptors (Lipinski definition) is 3. The minimum absolute atomic E-state index is 0.585. The molecule has 0 bridgehead atoms. The highest BCUT2D eigenvalue weighted by molar-refractivity contribution is 6.35. The number of nitrogens with zero attached hydrogens (tertiary/aromatic N) is 3. The Labute approximate surface area is 125 Å². The molecule has 0 amide bonds. The van der Waals surface area contributed by atoms with Crippen molar-refractivity contribution in [2.75, 3.05) is 5.73 Å². The van der Waals surface area contributed by atoms with Gasteiger partial charge in [-0.05, 0) is 42.0 Å². The second kappa shape index (κ2) is 5.15. The van der Waals surface area contributed by atoms with Crippen LogP contribution in [-0.2, 0) is 0 Å². The summed E-state index contributed by atoms with van der Waals surface area (Å²) < 4.78 is 1.82. The molecule has 0 atom stereocenters. The summed E-state index contributed by atoms with van der Waals surface area (Å²) in [4.78, 5) is 0. The monoisotopic (exact) mass is 304 g/mol. The minimum atomic E-state index is 0.585. The Kier molecular flexibility index (Phi) is 3.34. The molecule has 0 aliphatic heterocycles. The second-order valence-corrected chi connectivity index (χ2v) is 5.06. The number of aromatic nitrogens is 3. The zero-order valence-electron chi connectivity index (χ0n) is 10.3. The predicted molar refractivity (Wildman–Crippen MR) is 82.8 cm³/mol. The first-order chi connectivity index (χ1) is 9.65. The van der Waals surface area contributed by atoms with Crippen molar-refractivity contribution in [3.05, 3.63) is 58.0 Å². The number of anilines is 1. The Balaban J connectivity index is 2.00. The van der Waals surface area contributed by atoms with Gasteiger partial charge in [0.2, 0.25) is 0 Å². The summed E-state index contributed by atoms with van der Waals surface area (Å²) in [6.07, 6.45) is 5.54. The predicted octanol–water partition coefficient (Wildman–Crippen LogP) is 3.79. The highest BCUT2D eigenvalue weighted by Crippen LogP contribution is 2.23. The smallest absolute Gasteiger partial charge is 0.184 e. The van der Waals surface area contributed by atoms with Crippen molar-refractivity contribution in [3.8, 4) is 0 Å². The molecular weight excluding hydrogens is 295 g/mol. The van der Waals surface area contributed by atoms with E-state index >= 15 is 0 Å². The summed E-state index contributed by atoms with van der Waals surface area (Å²) in [5, 5.41) is 9.33. The number of benzene rings is 1. The van der Waals surface area contributed by atoms with E-state index in [4.69, 9.17) is 28.9 Å². The molecule has 3 aromatic rings. The zero-order valence-corrected chi connectivity index (χ0v) is 11.8. The van der Waals surface area contributed by atoms with Crippen molar-refractivity contribution < 1.29 is 0 Å². The van der Waals surface area contributed by atoms with Crippen molar-refractivity contribution in [2.24, 2.45) is 0 Å². The lowest BCUT2D eigenvalue weighted by Crippen LogP contribution is -1.92. The second-order valence-electron chi connectivity index (χ2n) is 4.21. The van der Waals surface area contributed by atoms with E-state index in [1.54, 1.807) is 18.2 Å². The van der Waals surface area contributed by atoms with Gasteiger partial charge >= 0.3 is 0 Å². The van der Waals surface area contributed by atoms with E-state index in [-0.39, 0.29) is 0 Å². The van der Waals surface area contributed by atoms with Crippen molar-refractivity contribution in [1.29, 1.82) is 0 Å². The number of pyridine rings is 1. The maximum Gasteiger partial charge on any atom is 0.184 e. The average molecular weight is 305 g/mol. The van der Waals surface area contributed by atoms with Gasteiger partial charge in [0.05, 0.1) is 5.69 Å². The van der Waals surface area contributed by atoms with Gasteiger partial charge in [-0.1, -0.05) is 29.3 Å². The lowest BCUT2D eigenvalue weighted by molar-refractivity contribution is 1.08. The van der Waals surface area contributed by atoms with Gasteiger partial charge in [-0.2, -0.15) is 0 Å². The van der Waals surface area contributed by atoms with Crippen molar-refractivity contribution in [3.63, 3.8) is 0 Å². The van der Waals surface area contributed by atoms with Crippen LogP contribution >= 0.6 is 23.2 Å². The highest BCUT2D eigenvalue weighted by Gasteiger charge is 2.04. The zero-order chi connectivity index (χ0) is 14.1. The van der Waals surface area contributed by atoms with Crippen LogP contribution in [-0.4, -0.2) is 14.6 Å². The fraction of sp³-hybridized carbons (Fsp3) is 0. The van der Waals surface area contributed by atoms with E-state index in [0.717, 1.165) is 5.56 Å². The molecule has 0 saturated heterocycles. The number of rotatable bonds is 2. The molecule has 0 unspecified atom stereocenters. The van der Waals surface area contributed by atoms with E-state index in [1.807, 2.05) is 34.9 Å². The molecule has 4 nitrogen and oxygen atoms in total. The Morgan fingerprint density at radius 3 is 2.75 bits per heavy atom. The van der Waals surface area contributed by atoms with Crippen LogP contribution in [0.25, 0.3) is 17.8 Å². The van der Waals surface area contributed by atoms with Crippen LogP contribution in [0.15, 0.2) is 36.5 Å². The summed E-state index contributed by atoms with van der Waals surface area (Å²) in [5.41, 5.74) is 7.91. The van der Waals surface area contributed by atoms with Crippen molar-refractivity contribution in [2.45, 2.75) is 0 Å². The Morgan fingerprint density at radius 1 is 1.10 bits per heavy atom. The SMILES string of the molecule is Nc1cccn2c(/C=C/c3ccc(Cl)cc3Cl)nnc12. The molecule has 6 heteroatoms. The molecule has 0 aliphatic rings. The lowest BCUT2D eigenvalue weighted by Gasteiger charge is -1.99. The molecule has 3 rings (SSSR count). The first-order valence-electron chi connectivity index (χ1n) is 5.87. The van der Waals surface area contributed by atoms with Crippen LogP contribution in [0.2, 0.25) is 10.0 Å². The molecule has 2 heterocycles. The quantitative estimate of drug-likeness (QED) is 0.783. The van der Waals surface area contributed by atoms with Crippen LogP contribution in [0, 0.1) is 0 Å². The Morgan fingerprint density at radius 2 is 1.95 bits per heavy atom. The largest absolute Gasteiger partial charge is 0.396 e. The van der Waals surface area contributed by atoms with Crippen LogP contribution in [0.5, 0.6) is 0 Å². The van der Waals surface area contributed by atoms with Crippen molar-refractivity contribution in [1.82, 2.24) is 14.6 Å². The summed E-state index contributed by atoms with van der Waals surface area (Å²) >= 11 is 12.0. The number of hydrogen-bond donors (Lipinski definition) is 1. The van der Waals surface area contributed by atoms with E-state index in [0.29, 0.717) is 27.2 Å². The summed E-state index contributed by atoms with van der Waals surface area (Å²) in [6.45, 7) is 0.